The van der Waals surface area contributed by atoms with Crippen LogP contribution in [-0.2, 0) is 4.79 Å². The number of phenols is 1. The van der Waals surface area contributed by atoms with E-state index in [1.807, 2.05) is 6.07 Å². The zero-order valence-corrected chi connectivity index (χ0v) is 16.0. The molecule has 0 unspecified atom stereocenters. The standard InChI is InChI=1S/C19H16N2O7S/c1-27-15-11-13(21(25)26)9-12(17(15)22)10-16-18(23)20(19(24)29-16)7-8-28-14-5-3-2-4-6-14/h2-6,9-11,22H,7-8H2,1H3/b16-10-. The van der Waals surface area contributed by atoms with Crippen molar-refractivity contribution in [2.45, 2.75) is 0 Å². The summed E-state index contributed by atoms with van der Waals surface area (Å²) in [6.45, 7) is 0.159. The van der Waals surface area contributed by atoms with Gasteiger partial charge in [0, 0.05) is 11.6 Å². The maximum Gasteiger partial charge on any atom is 0.293 e. The van der Waals surface area contributed by atoms with Crippen LogP contribution < -0.4 is 9.47 Å². The largest absolute Gasteiger partial charge is 0.504 e. The molecule has 2 aromatic carbocycles. The molecule has 0 bridgehead atoms. The van der Waals surface area contributed by atoms with Gasteiger partial charge in [0.15, 0.2) is 11.5 Å². The van der Waals surface area contributed by atoms with Gasteiger partial charge >= 0.3 is 0 Å². The second-order valence-corrected chi connectivity index (χ2v) is 6.83. The molecule has 1 fully saturated rings. The highest BCUT2D eigenvalue weighted by atomic mass is 32.2. The lowest BCUT2D eigenvalue weighted by Gasteiger charge is -2.13. The first-order chi connectivity index (χ1) is 13.9. The summed E-state index contributed by atoms with van der Waals surface area (Å²) in [6.07, 6.45) is 1.23. The Hall–Kier alpha value is -3.53. The Balaban J connectivity index is 1.77. The van der Waals surface area contributed by atoms with Crippen LogP contribution in [0.15, 0.2) is 47.4 Å². The number of rotatable bonds is 7. The van der Waals surface area contributed by atoms with Crippen molar-refractivity contribution in [3.63, 3.8) is 0 Å². The van der Waals surface area contributed by atoms with Crippen LogP contribution in [0.3, 0.4) is 0 Å². The number of methoxy groups -OCH3 is 1. The molecule has 29 heavy (non-hydrogen) atoms. The minimum Gasteiger partial charge on any atom is -0.504 e. The van der Waals surface area contributed by atoms with Crippen molar-refractivity contribution in [1.82, 2.24) is 4.90 Å². The van der Waals surface area contributed by atoms with Gasteiger partial charge in [-0.2, -0.15) is 0 Å². The van der Waals surface area contributed by atoms with E-state index >= 15 is 0 Å². The lowest BCUT2D eigenvalue weighted by molar-refractivity contribution is -0.385. The summed E-state index contributed by atoms with van der Waals surface area (Å²) >= 11 is 0.680. The van der Waals surface area contributed by atoms with E-state index in [1.165, 1.54) is 13.2 Å². The van der Waals surface area contributed by atoms with Crippen molar-refractivity contribution >= 4 is 34.7 Å². The number of amides is 2. The SMILES string of the molecule is COc1cc([N+](=O)[O-])cc(/C=C2\SC(=O)N(CCOc3ccccc3)C2=O)c1O. The summed E-state index contributed by atoms with van der Waals surface area (Å²) in [5.74, 6) is -0.427. The quantitative estimate of drug-likeness (QED) is 0.414. The third-order valence-electron chi connectivity index (χ3n) is 4.01. The van der Waals surface area contributed by atoms with Crippen LogP contribution >= 0.6 is 11.8 Å². The first-order valence-electron chi connectivity index (χ1n) is 8.39. The van der Waals surface area contributed by atoms with Gasteiger partial charge in [0.05, 0.1) is 29.5 Å². The number of para-hydroxylation sites is 1. The molecule has 1 N–H and O–H groups in total. The van der Waals surface area contributed by atoms with Crippen LogP contribution in [0.4, 0.5) is 10.5 Å². The Morgan fingerprint density at radius 1 is 1.24 bits per heavy atom. The molecule has 2 aromatic rings. The van der Waals surface area contributed by atoms with Crippen LogP contribution in [0.5, 0.6) is 17.2 Å². The highest BCUT2D eigenvalue weighted by Crippen LogP contribution is 2.39. The number of nitro benzene ring substituents is 1. The van der Waals surface area contributed by atoms with Gasteiger partial charge in [-0.15, -0.1) is 0 Å². The minimum absolute atomic E-state index is 0.00193. The predicted molar refractivity (Wildman–Crippen MR) is 106 cm³/mol. The fourth-order valence-corrected chi connectivity index (χ4v) is 3.45. The highest BCUT2D eigenvalue weighted by molar-refractivity contribution is 8.18. The van der Waals surface area contributed by atoms with Gasteiger partial charge in [-0.1, -0.05) is 18.2 Å². The molecule has 0 aromatic heterocycles. The van der Waals surface area contributed by atoms with E-state index in [0.717, 1.165) is 17.0 Å². The number of nitrogens with zero attached hydrogens (tertiary/aromatic N) is 2. The van der Waals surface area contributed by atoms with Crippen molar-refractivity contribution in [2.75, 3.05) is 20.3 Å². The Bertz CT molecular complexity index is 992. The molecule has 1 saturated heterocycles. The lowest BCUT2D eigenvalue weighted by Crippen LogP contribution is -2.32. The van der Waals surface area contributed by atoms with E-state index in [1.54, 1.807) is 24.3 Å². The number of benzene rings is 2. The second-order valence-electron chi connectivity index (χ2n) is 5.84. The first kappa shape index (κ1) is 20.2. The summed E-state index contributed by atoms with van der Waals surface area (Å²) in [5.41, 5.74) is -0.316. The van der Waals surface area contributed by atoms with Crippen LogP contribution in [0.25, 0.3) is 6.08 Å². The predicted octanol–water partition coefficient (Wildman–Crippen LogP) is 3.42. The number of carbonyl (C=O) groups is 2. The molecule has 3 rings (SSSR count). The molecule has 1 aliphatic rings. The lowest BCUT2D eigenvalue weighted by atomic mass is 10.1. The average molecular weight is 416 g/mol. The van der Waals surface area contributed by atoms with E-state index in [-0.39, 0.29) is 40.8 Å². The van der Waals surface area contributed by atoms with E-state index in [2.05, 4.69) is 0 Å². The fraction of sp³-hybridized carbons (Fsp3) is 0.158. The molecule has 1 heterocycles. The summed E-state index contributed by atoms with van der Waals surface area (Å²) in [5, 5.41) is 20.8. The summed E-state index contributed by atoms with van der Waals surface area (Å²) in [4.78, 5) is 36.2. The Labute approximate surface area is 169 Å². The van der Waals surface area contributed by atoms with Crippen molar-refractivity contribution in [1.29, 1.82) is 0 Å². The molecule has 0 atom stereocenters. The number of imide groups is 1. The number of carbonyl (C=O) groups excluding carboxylic acids is 2. The number of hydrogen-bond donors (Lipinski definition) is 1. The molecule has 0 radical (unpaired) electrons. The Morgan fingerprint density at radius 3 is 2.62 bits per heavy atom. The van der Waals surface area contributed by atoms with Crippen LogP contribution in [0.2, 0.25) is 0 Å². The van der Waals surface area contributed by atoms with Gasteiger partial charge in [0.2, 0.25) is 0 Å². The molecule has 0 aliphatic carbocycles. The number of nitro groups is 1. The topological polar surface area (TPSA) is 119 Å². The molecule has 0 spiro atoms. The molecular weight excluding hydrogens is 400 g/mol. The summed E-state index contributed by atoms with van der Waals surface area (Å²) in [6, 6.07) is 11.1. The monoisotopic (exact) mass is 416 g/mol. The Kier molecular flexibility index (Phi) is 6.03. The van der Waals surface area contributed by atoms with Crippen LogP contribution in [0.1, 0.15) is 5.56 Å². The number of aromatic hydroxyl groups is 1. The van der Waals surface area contributed by atoms with Gasteiger partial charge in [0.1, 0.15) is 12.4 Å². The Morgan fingerprint density at radius 2 is 1.97 bits per heavy atom. The van der Waals surface area contributed by atoms with E-state index in [0.29, 0.717) is 17.5 Å². The third-order valence-corrected chi connectivity index (χ3v) is 4.91. The summed E-state index contributed by atoms with van der Waals surface area (Å²) < 4.78 is 10.4. The minimum atomic E-state index is -0.647. The number of non-ortho nitro benzene ring substituents is 1. The summed E-state index contributed by atoms with van der Waals surface area (Å²) in [7, 11) is 1.25. The average Bonchev–Trinajstić information content (AvgIpc) is 2.97. The normalized spacial score (nSPS) is 15.1. The van der Waals surface area contributed by atoms with E-state index in [4.69, 9.17) is 9.47 Å². The number of phenolic OH excluding ortho intramolecular Hbond substituents is 1. The van der Waals surface area contributed by atoms with Crippen molar-refractivity contribution in [2.24, 2.45) is 0 Å². The molecule has 1 aliphatic heterocycles. The van der Waals surface area contributed by atoms with Crippen LogP contribution in [0, 0.1) is 10.1 Å². The second kappa shape index (κ2) is 8.65. The van der Waals surface area contributed by atoms with Gasteiger partial charge in [0.25, 0.3) is 16.8 Å². The maximum atomic E-state index is 12.6. The van der Waals surface area contributed by atoms with Gasteiger partial charge < -0.3 is 14.6 Å². The molecule has 10 heteroatoms. The smallest absolute Gasteiger partial charge is 0.293 e. The molecule has 9 nitrogen and oxygen atoms in total. The molecule has 0 saturated carbocycles. The van der Waals surface area contributed by atoms with Gasteiger partial charge in [-0.05, 0) is 30.0 Å². The molecule has 2 amide bonds. The van der Waals surface area contributed by atoms with Crippen LogP contribution in [-0.4, -0.2) is 46.3 Å². The number of thioether (sulfide) groups is 1. The van der Waals surface area contributed by atoms with Gasteiger partial charge in [-0.25, -0.2) is 0 Å². The van der Waals surface area contributed by atoms with E-state index in [9.17, 15) is 24.8 Å². The van der Waals surface area contributed by atoms with Crippen molar-refractivity contribution in [3.8, 4) is 17.2 Å². The fourth-order valence-electron chi connectivity index (χ4n) is 2.59. The number of hydrogen-bond acceptors (Lipinski definition) is 8. The zero-order valence-electron chi connectivity index (χ0n) is 15.2. The zero-order chi connectivity index (χ0) is 21.0. The molecular formula is C19H16N2O7S. The van der Waals surface area contributed by atoms with E-state index < -0.39 is 16.1 Å². The van der Waals surface area contributed by atoms with Crippen molar-refractivity contribution < 1.29 is 29.1 Å². The third kappa shape index (κ3) is 4.49. The van der Waals surface area contributed by atoms with Gasteiger partial charge in [-0.3, -0.25) is 24.6 Å². The maximum absolute atomic E-state index is 12.6. The molecule has 150 valence electrons. The number of ether oxygens (including phenoxy) is 2. The first-order valence-corrected chi connectivity index (χ1v) is 9.21. The van der Waals surface area contributed by atoms with Crippen molar-refractivity contribution in [3.05, 3.63) is 63.0 Å². The highest BCUT2D eigenvalue weighted by Gasteiger charge is 2.35.